The molecule has 0 saturated carbocycles. The fourth-order valence-corrected chi connectivity index (χ4v) is 2.73. The van der Waals surface area contributed by atoms with Crippen molar-refractivity contribution in [2.24, 2.45) is 11.1 Å². The van der Waals surface area contributed by atoms with Gasteiger partial charge in [0.05, 0.1) is 7.11 Å². The molecular formula is C16H24BrNO2. The van der Waals surface area contributed by atoms with E-state index in [0.717, 1.165) is 22.2 Å². The maximum Gasteiger partial charge on any atom is 0.138 e. The number of ketones is 1. The number of carbonyl (C=O) groups excluding carboxylic acids is 1. The van der Waals surface area contributed by atoms with Crippen molar-refractivity contribution in [3.05, 3.63) is 28.2 Å². The first kappa shape index (κ1) is 17.2. The average molecular weight is 342 g/mol. The van der Waals surface area contributed by atoms with E-state index in [1.165, 1.54) is 0 Å². The Morgan fingerprint density at radius 2 is 2.05 bits per heavy atom. The van der Waals surface area contributed by atoms with Crippen LogP contribution in [0.25, 0.3) is 0 Å². The Kier molecular flexibility index (Phi) is 6.21. The Balaban J connectivity index is 2.65. The third kappa shape index (κ3) is 6.06. The summed E-state index contributed by atoms with van der Waals surface area (Å²) in [6.07, 6.45) is 1.61. The molecule has 0 aliphatic carbocycles. The summed E-state index contributed by atoms with van der Waals surface area (Å²) in [7, 11) is 1.61. The van der Waals surface area contributed by atoms with Crippen molar-refractivity contribution in [1.82, 2.24) is 0 Å². The van der Waals surface area contributed by atoms with Crippen LogP contribution >= 0.6 is 15.9 Å². The fourth-order valence-electron chi connectivity index (χ4n) is 2.32. The Hall–Kier alpha value is -0.870. The van der Waals surface area contributed by atoms with Crippen molar-refractivity contribution < 1.29 is 9.53 Å². The maximum absolute atomic E-state index is 12.1. The van der Waals surface area contributed by atoms with Crippen LogP contribution in [0.1, 0.15) is 39.2 Å². The van der Waals surface area contributed by atoms with E-state index in [2.05, 4.69) is 36.7 Å². The first-order valence-electron chi connectivity index (χ1n) is 6.81. The number of hydrogen-bond acceptors (Lipinski definition) is 3. The Bertz CT molecular complexity index is 466. The quantitative estimate of drug-likeness (QED) is 0.857. The summed E-state index contributed by atoms with van der Waals surface area (Å²) in [4.78, 5) is 12.1. The van der Waals surface area contributed by atoms with Gasteiger partial charge in [-0.25, -0.2) is 0 Å². The number of Topliss-reactive ketones (excluding diaryl/α,β-unsaturated/α-hetero) is 1. The van der Waals surface area contributed by atoms with Gasteiger partial charge in [0.15, 0.2) is 0 Å². The second-order valence-corrected chi connectivity index (χ2v) is 7.32. The summed E-state index contributed by atoms with van der Waals surface area (Å²) in [5.74, 6) is 0.893. The zero-order valence-corrected chi connectivity index (χ0v) is 14.3. The maximum atomic E-state index is 12.1. The number of hydrogen-bond donors (Lipinski definition) is 1. The normalized spacial score (nSPS) is 13.1. The van der Waals surface area contributed by atoms with Crippen LogP contribution in [0, 0.1) is 5.41 Å². The molecule has 1 unspecified atom stereocenters. The van der Waals surface area contributed by atoms with Gasteiger partial charge < -0.3 is 10.5 Å². The van der Waals surface area contributed by atoms with Crippen LogP contribution in [0.2, 0.25) is 0 Å². The number of rotatable bonds is 6. The van der Waals surface area contributed by atoms with Crippen LogP contribution in [0.5, 0.6) is 5.75 Å². The summed E-state index contributed by atoms with van der Waals surface area (Å²) < 4.78 is 6.23. The summed E-state index contributed by atoms with van der Waals surface area (Å²) >= 11 is 3.41. The van der Waals surface area contributed by atoms with Crippen LogP contribution in [0.3, 0.4) is 0 Å². The number of halogens is 1. The lowest BCUT2D eigenvalue weighted by Gasteiger charge is -2.22. The highest BCUT2D eigenvalue weighted by Crippen LogP contribution is 2.25. The average Bonchev–Trinajstić information content (AvgIpc) is 2.26. The van der Waals surface area contributed by atoms with Crippen LogP contribution in [-0.2, 0) is 11.2 Å². The lowest BCUT2D eigenvalue weighted by Crippen LogP contribution is -2.29. The molecule has 0 fully saturated rings. The topological polar surface area (TPSA) is 52.3 Å². The van der Waals surface area contributed by atoms with Crippen molar-refractivity contribution in [3.63, 3.8) is 0 Å². The standard InChI is InChI=1S/C16H24BrNO2/c1-16(2,3)10-13(18)9-14(19)8-11-7-12(17)5-6-15(11)20-4/h5-7,13H,8-10,18H2,1-4H3. The van der Waals surface area contributed by atoms with Crippen molar-refractivity contribution in [3.8, 4) is 5.75 Å². The molecule has 0 bridgehead atoms. The highest BCUT2D eigenvalue weighted by Gasteiger charge is 2.19. The number of benzene rings is 1. The predicted octanol–water partition coefficient (Wildman–Crippen LogP) is 3.72. The van der Waals surface area contributed by atoms with E-state index in [1.54, 1.807) is 7.11 Å². The third-order valence-electron chi connectivity index (χ3n) is 2.99. The predicted molar refractivity (Wildman–Crippen MR) is 86.1 cm³/mol. The van der Waals surface area contributed by atoms with Crippen molar-refractivity contribution in [1.29, 1.82) is 0 Å². The molecule has 20 heavy (non-hydrogen) atoms. The molecule has 3 nitrogen and oxygen atoms in total. The first-order valence-corrected chi connectivity index (χ1v) is 7.60. The molecule has 1 atom stereocenters. The molecule has 0 saturated heterocycles. The van der Waals surface area contributed by atoms with E-state index in [-0.39, 0.29) is 17.2 Å². The molecule has 1 aromatic rings. The zero-order valence-electron chi connectivity index (χ0n) is 12.7. The minimum absolute atomic E-state index is 0.0827. The van der Waals surface area contributed by atoms with Crippen LogP contribution in [-0.4, -0.2) is 18.9 Å². The van der Waals surface area contributed by atoms with Gasteiger partial charge in [-0.1, -0.05) is 36.7 Å². The summed E-state index contributed by atoms with van der Waals surface area (Å²) in [5, 5.41) is 0. The number of ether oxygens (including phenoxy) is 1. The largest absolute Gasteiger partial charge is 0.496 e. The second kappa shape index (κ2) is 7.23. The van der Waals surface area contributed by atoms with E-state index >= 15 is 0 Å². The smallest absolute Gasteiger partial charge is 0.138 e. The molecule has 0 aromatic heterocycles. The number of methoxy groups -OCH3 is 1. The zero-order chi connectivity index (χ0) is 15.3. The van der Waals surface area contributed by atoms with E-state index in [1.807, 2.05) is 18.2 Å². The number of nitrogens with two attached hydrogens (primary N) is 1. The van der Waals surface area contributed by atoms with Gasteiger partial charge in [-0.05, 0) is 30.0 Å². The van der Waals surface area contributed by atoms with Gasteiger partial charge in [-0.2, -0.15) is 0 Å². The Morgan fingerprint density at radius 1 is 1.40 bits per heavy atom. The molecule has 0 heterocycles. The lowest BCUT2D eigenvalue weighted by atomic mass is 9.86. The lowest BCUT2D eigenvalue weighted by molar-refractivity contribution is -0.118. The van der Waals surface area contributed by atoms with E-state index in [4.69, 9.17) is 10.5 Å². The molecule has 4 heteroatoms. The molecule has 2 N–H and O–H groups in total. The molecule has 0 amide bonds. The van der Waals surface area contributed by atoms with Gasteiger partial charge in [0.2, 0.25) is 0 Å². The van der Waals surface area contributed by atoms with Crippen LogP contribution < -0.4 is 10.5 Å². The van der Waals surface area contributed by atoms with E-state index < -0.39 is 0 Å². The second-order valence-electron chi connectivity index (χ2n) is 6.40. The van der Waals surface area contributed by atoms with E-state index in [0.29, 0.717) is 12.8 Å². The molecule has 1 aromatic carbocycles. The van der Waals surface area contributed by atoms with Crippen molar-refractivity contribution >= 4 is 21.7 Å². The number of carbonyl (C=O) groups is 1. The highest BCUT2D eigenvalue weighted by atomic mass is 79.9. The monoisotopic (exact) mass is 341 g/mol. The van der Waals surface area contributed by atoms with Crippen LogP contribution in [0.15, 0.2) is 22.7 Å². The molecular weight excluding hydrogens is 318 g/mol. The van der Waals surface area contributed by atoms with Gasteiger partial charge in [-0.15, -0.1) is 0 Å². The molecule has 0 aliphatic heterocycles. The van der Waals surface area contributed by atoms with Gasteiger partial charge in [-0.3, -0.25) is 4.79 Å². The van der Waals surface area contributed by atoms with Gasteiger partial charge in [0.1, 0.15) is 11.5 Å². The first-order chi connectivity index (χ1) is 9.21. The summed E-state index contributed by atoms with van der Waals surface area (Å²) in [6.45, 7) is 6.40. The highest BCUT2D eigenvalue weighted by molar-refractivity contribution is 9.10. The molecule has 0 spiro atoms. The SMILES string of the molecule is COc1ccc(Br)cc1CC(=O)CC(N)CC(C)(C)C. The molecule has 0 radical (unpaired) electrons. The van der Waals surface area contributed by atoms with E-state index in [9.17, 15) is 4.79 Å². The van der Waals surface area contributed by atoms with Crippen molar-refractivity contribution in [2.45, 2.75) is 46.1 Å². The Morgan fingerprint density at radius 3 is 2.60 bits per heavy atom. The fraction of sp³-hybridized carbons (Fsp3) is 0.562. The third-order valence-corrected chi connectivity index (χ3v) is 3.49. The van der Waals surface area contributed by atoms with Gasteiger partial charge in [0, 0.05) is 28.9 Å². The van der Waals surface area contributed by atoms with Gasteiger partial charge >= 0.3 is 0 Å². The summed E-state index contributed by atoms with van der Waals surface area (Å²) in [6, 6.07) is 5.60. The van der Waals surface area contributed by atoms with Gasteiger partial charge in [0.25, 0.3) is 0 Å². The molecule has 0 aliphatic rings. The molecule has 112 valence electrons. The summed E-state index contributed by atoms with van der Waals surface area (Å²) in [5.41, 5.74) is 7.10. The minimum Gasteiger partial charge on any atom is -0.496 e. The molecule has 1 rings (SSSR count). The minimum atomic E-state index is -0.0827. The van der Waals surface area contributed by atoms with Crippen LogP contribution in [0.4, 0.5) is 0 Å². The Labute approximate surface area is 130 Å². The van der Waals surface area contributed by atoms with Crippen molar-refractivity contribution in [2.75, 3.05) is 7.11 Å².